The van der Waals surface area contributed by atoms with Gasteiger partial charge in [0.25, 0.3) is 0 Å². The van der Waals surface area contributed by atoms with Crippen molar-refractivity contribution in [3.8, 4) is 0 Å². The molecule has 0 amide bonds. The standard InChI is InChI=1S/C16H17NO3/c1-5-6-12-7-8-13-15(18)10(2)11(3)20-16(13)14(12)9-17-19-4/h5,7-9H,1,6H2,2-4H3/b17-9+. The number of rotatable bonds is 4. The van der Waals surface area contributed by atoms with Gasteiger partial charge >= 0.3 is 0 Å². The van der Waals surface area contributed by atoms with Crippen LogP contribution < -0.4 is 5.43 Å². The summed E-state index contributed by atoms with van der Waals surface area (Å²) in [5.74, 6) is 0.616. The van der Waals surface area contributed by atoms with E-state index in [-0.39, 0.29) is 5.43 Å². The van der Waals surface area contributed by atoms with E-state index in [4.69, 9.17) is 9.25 Å². The predicted molar refractivity (Wildman–Crippen MR) is 80.5 cm³/mol. The molecule has 0 unspecified atom stereocenters. The molecule has 0 aliphatic carbocycles. The summed E-state index contributed by atoms with van der Waals surface area (Å²) in [6.45, 7) is 7.29. The molecule has 2 aromatic rings. The lowest BCUT2D eigenvalue weighted by Gasteiger charge is -2.09. The molecule has 2 rings (SSSR count). The van der Waals surface area contributed by atoms with Gasteiger partial charge in [-0.25, -0.2) is 0 Å². The van der Waals surface area contributed by atoms with Crippen LogP contribution in [-0.2, 0) is 11.3 Å². The number of nitrogens with zero attached hydrogens (tertiary/aromatic N) is 1. The Labute approximate surface area is 117 Å². The SMILES string of the molecule is C=CCc1ccc2c(=O)c(C)c(C)oc2c1/C=N/OC. The Kier molecular flexibility index (Phi) is 4.03. The van der Waals surface area contributed by atoms with Crippen molar-refractivity contribution >= 4 is 17.2 Å². The Morgan fingerprint density at radius 2 is 2.15 bits per heavy atom. The van der Waals surface area contributed by atoms with Crippen molar-refractivity contribution in [3.05, 3.63) is 57.5 Å². The van der Waals surface area contributed by atoms with Crippen LogP contribution in [0.1, 0.15) is 22.5 Å². The maximum absolute atomic E-state index is 12.3. The molecule has 20 heavy (non-hydrogen) atoms. The van der Waals surface area contributed by atoms with Crippen molar-refractivity contribution in [2.45, 2.75) is 20.3 Å². The molecule has 4 nitrogen and oxygen atoms in total. The zero-order valence-electron chi connectivity index (χ0n) is 11.9. The average molecular weight is 271 g/mol. The Morgan fingerprint density at radius 1 is 1.40 bits per heavy atom. The van der Waals surface area contributed by atoms with Crippen LogP contribution in [-0.4, -0.2) is 13.3 Å². The summed E-state index contributed by atoms with van der Waals surface area (Å²) in [4.78, 5) is 17.0. The number of oxime groups is 1. The Hall–Kier alpha value is -2.36. The maximum atomic E-state index is 12.3. The number of benzene rings is 1. The molecule has 0 N–H and O–H groups in total. The van der Waals surface area contributed by atoms with Gasteiger partial charge in [0.15, 0.2) is 5.43 Å². The fourth-order valence-corrected chi connectivity index (χ4v) is 2.10. The number of aryl methyl sites for hydroxylation is 1. The van der Waals surface area contributed by atoms with Gasteiger partial charge in [-0.05, 0) is 31.9 Å². The molecule has 0 radical (unpaired) electrons. The fourth-order valence-electron chi connectivity index (χ4n) is 2.10. The van der Waals surface area contributed by atoms with E-state index in [2.05, 4.69) is 11.7 Å². The Bertz CT molecular complexity index is 741. The third-order valence-electron chi connectivity index (χ3n) is 3.31. The van der Waals surface area contributed by atoms with Gasteiger partial charge in [0.05, 0.1) is 11.6 Å². The second-order valence-electron chi connectivity index (χ2n) is 4.54. The van der Waals surface area contributed by atoms with Crippen LogP contribution in [0.4, 0.5) is 0 Å². The maximum Gasteiger partial charge on any atom is 0.195 e. The summed E-state index contributed by atoms with van der Waals surface area (Å²) in [7, 11) is 1.47. The van der Waals surface area contributed by atoms with Crippen molar-refractivity contribution < 1.29 is 9.25 Å². The highest BCUT2D eigenvalue weighted by Crippen LogP contribution is 2.22. The van der Waals surface area contributed by atoms with Crippen LogP contribution in [0.3, 0.4) is 0 Å². The highest BCUT2D eigenvalue weighted by Gasteiger charge is 2.13. The van der Waals surface area contributed by atoms with Gasteiger partial charge in [0.2, 0.25) is 0 Å². The smallest absolute Gasteiger partial charge is 0.195 e. The molecule has 1 aromatic carbocycles. The van der Waals surface area contributed by atoms with Crippen molar-refractivity contribution in [1.82, 2.24) is 0 Å². The van der Waals surface area contributed by atoms with E-state index in [1.54, 1.807) is 32.2 Å². The highest BCUT2D eigenvalue weighted by molar-refractivity contribution is 5.98. The Morgan fingerprint density at radius 3 is 2.80 bits per heavy atom. The van der Waals surface area contributed by atoms with E-state index in [0.717, 1.165) is 11.1 Å². The lowest BCUT2D eigenvalue weighted by molar-refractivity contribution is 0.215. The van der Waals surface area contributed by atoms with Gasteiger partial charge < -0.3 is 9.25 Å². The first-order chi connectivity index (χ1) is 9.60. The van der Waals surface area contributed by atoms with E-state index in [1.165, 1.54) is 7.11 Å². The van der Waals surface area contributed by atoms with Crippen molar-refractivity contribution in [2.24, 2.45) is 5.16 Å². The molecular formula is C16H17NO3. The number of hydrogen-bond acceptors (Lipinski definition) is 4. The molecule has 104 valence electrons. The van der Waals surface area contributed by atoms with Gasteiger partial charge in [-0.3, -0.25) is 4.79 Å². The molecule has 1 heterocycles. The minimum atomic E-state index is -0.0130. The number of allylic oxidation sites excluding steroid dienone is 1. The molecule has 4 heteroatoms. The monoisotopic (exact) mass is 271 g/mol. The topological polar surface area (TPSA) is 51.8 Å². The molecule has 0 saturated carbocycles. The molecule has 0 aliphatic rings. The van der Waals surface area contributed by atoms with Gasteiger partial charge in [-0.2, -0.15) is 0 Å². The molecule has 0 spiro atoms. The predicted octanol–water partition coefficient (Wildman–Crippen LogP) is 3.12. The third-order valence-corrected chi connectivity index (χ3v) is 3.31. The van der Waals surface area contributed by atoms with E-state index in [1.807, 2.05) is 6.07 Å². The average Bonchev–Trinajstić information content (AvgIpc) is 2.44. The van der Waals surface area contributed by atoms with Crippen LogP contribution >= 0.6 is 0 Å². The van der Waals surface area contributed by atoms with Crippen LogP contribution in [0.15, 0.2) is 39.2 Å². The number of hydrogen-bond donors (Lipinski definition) is 0. The normalized spacial score (nSPS) is 11.2. The number of fused-ring (bicyclic) bond motifs is 1. The molecule has 0 saturated heterocycles. The van der Waals surface area contributed by atoms with Crippen molar-refractivity contribution in [2.75, 3.05) is 7.11 Å². The molecule has 0 aliphatic heterocycles. The fraction of sp³-hybridized carbons (Fsp3) is 0.250. The molecule has 0 bridgehead atoms. The third kappa shape index (κ3) is 2.37. The molecular weight excluding hydrogens is 254 g/mol. The quantitative estimate of drug-likeness (QED) is 0.487. The van der Waals surface area contributed by atoms with E-state index in [9.17, 15) is 4.79 Å². The van der Waals surface area contributed by atoms with Crippen molar-refractivity contribution in [3.63, 3.8) is 0 Å². The van der Waals surface area contributed by atoms with Crippen LogP contribution in [0, 0.1) is 13.8 Å². The summed E-state index contributed by atoms with van der Waals surface area (Å²) in [5, 5.41) is 4.35. The Balaban J connectivity index is 2.86. The lowest BCUT2D eigenvalue weighted by atomic mass is 10.0. The van der Waals surface area contributed by atoms with Crippen molar-refractivity contribution in [1.29, 1.82) is 0 Å². The zero-order chi connectivity index (χ0) is 14.7. The van der Waals surface area contributed by atoms with Gasteiger partial charge in [0, 0.05) is 11.1 Å². The van der Waals surface area contributed by atoms with E-state index >= 15 is 0 Å². The molecule has 0 fully saturated rings. The second kappa shape index (κ2) is 5.74. The molecule has 0 atom stereocenters. The van der Waals surface area contributed by atoms with Gasteiger partial charge in [-0.1, -0.05) is 17.3 Å². The van der Waals surface area contributed by atoms with Gasteiger partial charge in [-0.15, -0.1) is 6.58 Å². The highest BCUT2D eigenvalue weighted by atomic mass is 16.6. The lowest BCUT2D eigenvalue weighted by Crippen LogP contribution is -2.09. The first-order valence-electron chi connectivity index (χ1n) is 6.33. The van der Waals surface area contributed by atoms with E-state index in [0.29, 0.717) is 28.7 Å². The van der Waals surface area contributed by atoms with E-state index < -0.39 is 0 Å². The van der Waals surface area contributed by atoms with Crippen LogP contribution in [0.2, 0.25) is 0 Å². The zero-order valence-corrected chi connectivity index (χ0v) is 11.9. The van der Waals surface area contributed by atoms with Gasteiger partial charge in [0.1, 0.15) is 18.5 Å². The second-order valence-corrected chi connectivity index (χ2v) is 4.54. The first kappa shape index (κ1) is 14.1. The summed E-state index contributed by atoms with van der Waals surface area (Å²) in [6, 6.07) is 3.68. The molecule has 1 aromatic heterocycles. The minimum Gasteiger partial charge on any atom is -0.460 e. The minimum absolute atomic E-state index is 0.0130. The summed E-state index contributed by atoms with van der Waals surface area (Å²) in [6.07, 6.45) is 4.03. The summed E-state index contributed by atoms with van der Waals surface area (Å²) < 4.78 is 5.81. The van der Waals surface area contributed by atoms with Crippen LogP contribution in [0.25, 0.3) is 11.0 Å². The van der Waals surface area contributed by atoms with Crippen LogP contribution in [0.5, 0.6) is 0 Å². The summed E-state index contributed by atoms with van der Waals surface area (Å²) in [5.41, 5.74) is 2.90. The largest absolute Gasteiger partial charge is 0.460 e. The first-order valence-corrected chi connectivity index (χ1v) is 6.33. The summed E-state index contributed by atoms with van der Waals surface area (Å²) >= 11 is 0.